The minimum absolute atomic E-state index is 0.00785. The van der Waals surface area contributed by atoms with Gasteiger partial charge in [-0.15, -0.1) is 11.3 Å². The van der Waals surface area contributed by atoms with Gasteiger partial charge in [-0.1, -0.05) is 5.16 Å². The second-order valence-electron chi connectivity index (χ2n) is 6.50. The van der Waals surface area contributed by atoms with E-state index in [0.29, 0.717) is 18.3 Å². The Labute approximate surface area is 146 Å². The number of likely N-dealkylation sites (tertiary alicyclic amines) is 1. The van der Waals surface area contributed by atoms with E-state index in [9.17, 15) is 4.79 Å². The van der Waals surface area contributed by atoms with Crippen molar-refractivity contribution in [3.05, 3.63) is 33.1 Å². The Kier molecular flexibility index (Phi) is 4.89. The van der Waals surface area contributed by atoms with Crippen molar-refractivity contribution in [2.75, 3.05) is 13.1 Å². The molecule has 0 aromatic carbocycles. The summed E-state index contributed by atoms with van der Waals surface area (Å²) in [6.45, 7) is 9.44. The summed E-state index contributed by atoms with van der Waals surface area (Å²) < 4.78 is 5.28. The molecule has 2 amide bonds. The maximum Gasteiger partial charge on any atom is 0.317 e. The van der Waals surface area contributed by atoms with E-state index in [0.717, 1.165) is 19.4 Å². The van der Waals surface area contributed by atoms with E-state index in [1.165, 1.54) is 15.3 Å². The largest absolute Gasteiger partial charge is 0.339 e. The van der Waals surface area contributed by atoms with Crippen molar-refractivity contribution in [2.24, 2.45) is 0 Å². The number of urea groups is 1. The van der Waals surface area contributed by atoms with Gasteiger partial charge in [0.15, 0.2) is 5.82 Å². The van der Waals surface area contributed by atoms with E-state index in [-0.39, 0.29) is 18.0 Å². The molecule has 0 spiro atoms. The van der Waals surface area contributed by atoms with Crippen LogP contribution < -0.4 is 5.32 Å². The van der Waals surface area contributed by atoms with Crippen LogP contribution in [0.1, 0.15) is 58.8 Å². The third-order valence-electron chi connectivity index (χ3n) is 4.49. The number of rotatable bonds is 3. The van der Waals surface area contributed by atoms with Gasteiger partial charge in [-0.2, -0.15) is 4.98 Å². The molecule has 0 bridgehead atoms. The quantitative estimate of drug-likeness (QED) is 0.918. The summed E-state index contributed by atoms with van der Waals surface area (Å²) in [5.41, 5.74) is 1.20. The van der Waals surface area contributed by atoms with Crippen LogP contribution in [0.25, 0.3) is 0 Å². The van der Waals surface area contributed by atoms with Crippen LogP contribution in [0.4, 0.5) is 4.79 Å². The lowest BCUT2D eigenvalue weighted by Gasteiger charge is -2.32. The van der Waals surface area contributed by atoms with Crippen molar-refractivity contribution in [2.45, 2.75) is 52.5 Å². The average Bonchev–Trinajstić information content (AvgIpc) is 3.12. The zero-order valence-electron chi connectivity index (χ0n) is 14.6. The summed E-state index contributed by atoms with van der Waals surface area (Å²) in [6.07, 6.45) is 1.92. The summed E-state index contributed by atoms with van der Waals surface area (Å²) in [5, 5.41) is 6.98. The standard InChI is InChI=1S/C17H24N4O2S/c1-10-8-15(12(3)24-10)11(2)18-17(22)21-7-5-6-14(9-21)16-19-13(4)20-23-16/h8,11,14H,5-7,9H2,1-4H3,(H,18,22). The number of carbonyl (C=O) groups excluding carboxylic acids is 1. The van der Waals surface area contributed by atoms with E-state index in [1.54, 1.807) is 11.3 Å². The molecule has 0 saturated carbocycles. The fraction of sp³-hybridized carbons (Fsp3) is 0.588. The summed E-state index contributed by atoms with van der Waals surface area (Å²) in [6, 6.07) is 2.14. The highest BCUT2D eigenvalue weighted by Gasteiger charge is 2.29. The lowest BCUT2D eigenvalue weighted by atomic mass is 9.98. The topological polar surface area (TPSA) is 71.3 Å². The molecule has 2 unspecified atom stereocenters. The lowest BCUT2D eigenvalue weighted by molar-refractivity contribution is 0.169. The number of aryl methyl sites for hydroxylation is 3. The minimum Gasteiger partial charge on any atom is -0.339 e. The minimum atomic E-state index is -0.0216. The molecule has 2 aromatic rings. The molecule has 2 atom stereocenters. The van der Waals surface area contributed by atoms with Crippen LogP contribution in [0.3, 0.4) is 0 Å². The van der Waals surface area contributed by atoms with Crippen LogP contribution in [0.2, 0.25) is 0 Å². The second kappa shape index (κ2) is 6.93. The molecule has 3 heterocycles. The fourth-order valence-electron chi connectivity index (χ4n) is 3.28. The lowest BCUT2D eigenvalue weighted by Crippen LogP contribution is -2.45. The van der Waals surface area contributed by atoms with Crippen LogP contribution in [0.5, 0.6) is 0 Å². The van der Waals surface area contributed by atoms with Crippen LogP contribution >= 0.6 is 11.3 Å². The summed E-state index contributed by atoms with van der Waals surface area (Å²) >= 11 is 1.77. The molecule has 1 N–H and O–H groups in total. The SMILES string of the molecule is Cc1noc(C2CCCN(C(=O)NC(C)c3cc(C)sc3C)C2)n1. The monoisotopic (exact) mass is 348 g/mol. The summed E-state index contributed by atoms with van der Waals surface area (Å²) in [7, 11) is 0. The number of hydrogen-bond donors (Lipinski definition) is 1. The summed E-state index contributed by atoms with van der Waals surface area (Å²) in [4.78, 5) is 21.3. The van der Waals surface area contributed by atoms with Crippen LogP contribution in [-0.4, -0.2) is 34.2 Å². The van der Waals surface area contributed by atoms with Crippen molar-refractivity contribution in [3.8, 4) is 0 Å². The van der Waals surface area contributed by atoms with Gasteiger partial charge in [-0.3, -0.25) is 0 Å². The van der Waals surface area contributed by atoms with Crippen molar-refractivity contribution >= 4 is 17.4 Å². The fourth-order valence-corrected chi connectivity index (χ4v) is 4.30. The first-order chi connectivity index (χ1) is 11.4. The molecule has 24 heavy (non-hydrogen) atoms. The Morgan fingerprint density at radius 1 is 1.46 bits per heavy atom. The van der Waals surface area contributed by atoms with Crippen molar-refractivity contribution in [1.82, 2.24) is 20.4 Å². The van der Waals surface area contributed by atoms with E-state index >= 15 is 0 Å². The number of nitrogens with zero attached hydrogens (tertiary/aromatic N) is 3. The molecule has 1 aliphatic heterocycles. The first-order valence-corrected chi connectivity index (χ1v) is 9.18. The molecule has 130 valence electrons. The van der Waals surface area contributed by atoms with Gasteiger partial charge in [0.05, 0.1) is 12.0 Å². The Bertz CT molecular complexity index is 724. The first-order valence-electron chi connectivity index (χ1n) is 8.36. The van der Waals surface area contributed by atoms with Gasteiger partial charge in [-0.25, -0.2) is 4.79 Å². The molecule has 3 rings (SSSR count). The third kappa shape index (κ3) is 3.61. The van der Waals surface area contributed by atoms with Crippen molar-refractivity contribution in [3.63, 3.8) is 0 Å². The predicted molar refractivity (Wildman–Crippen MR) is 93.3 cm³/mol. The van der Waals surface area contributed by atoms with E-state index in [2.05, 4.69) is 35.4 Å². The van der Waals surface area contributed by atoms with Crippen LogP contribution in [-0.2, 0) is 0 Å². The molecule has 1 saturated heterocycles. The Morgan fingerprint density at radius 3 is 2.88 bits per heavy atom. The Balaban J connectivity index is 1.63. The highest BCUT2D eigenvalue weighted by molar-refractivity contribution is 7.12. The van der Waals surface area contributed by atoms with E-state index in [1.807, 2.05) is 18.7 Å². The normalized spacial score (nSPS) is 19.3. The smallest absolute Gasteiger partial charge is 0.317 e. The number of aromatic nitrogens is 2. The Morgan fingerprint density at radius 2 is 2.25 bits per heavy atom. The zero-order valence-corrected chi connectivity index (χ0v) is 15.4. The van der Waals surface area contributed by atoms with Crippen molar-refractivity contribution in [1.29, 1.82) is 0 Å². The molecule has 7 heteroatoms. The Hall–Kier alpha value is -1.89. The number of carbonyl (C=O) groups is 1. The number of thiophene rings is 1. The summed E-state index contributed by atoms with van der Waals surface area (Å²) in [5.74, 6) is 1.41. The number of piperidine rings is 1. The van der Waals surface area contributed by atoms with Gasteiger partial charge >= 0.3 is 6.03 Å². The van der Waals surface area contributed by atoms with Gasteiger partial charge in [0.1, 0.15) is 0 Å². The molecule has 0 aliphatic carbocycles. The number of nitrogens with one attached hydrogen (secondary N) is 1. The van der Waals surface area contributed by atoms with Gasteiger partial charge in [0, 0.05) is 22.8 Å². The van der Waals surface area contributed by atoms with E-state index in [4.69, 9.17) is 4.52 Å². The molecule has 1 aliphatic rings. The van der Waals surface area contributed by atoms with Crippen LogP contribution in [0.15, 0.2) is 10.6 Å². The van der Waals surface area contributed by atoms with Gasteiger partial charge in [0.2, 0.25) is 5.89 Å². The average molecular weight is 348 g/mol. The van der Waals surface area contributed by atoms with Crippen molar-refractivity contribution < 1.29 is 9.32 Å². The van der Waals surface area contributed by atoms with Crippen LogP contribution in [0, 0.1) is 20.8 Å². The van der Waals surface area contributed by atoms with Gasteiger partial charge in [-0.05, 0) is 52.2 Å². The van der Waals surface area contributed by atoms with E-state index < -0.39 is 0 Å². The molecule has 1 fully saturated rings. The number of hydrogen-bond acceptors (Lipinski definition) is 5. The molecule has 2 aromatic heterocycles. The highest BCUT2D eigenvalue weighted by atomic mass is 32.1. The second-order valence-corrected chi connectivity index (χ2v) is 7.97. The molecular formula is C17H24N4O2S. The zero-order chi connectivity index (χ0) is 17.3. The molecular weight excluding hydrogens is 324 g/mol. The number of amides is 2. The van der Waals surface area contributed by atoms with Gasteiger partial charge in [0.25, 0.3) is 0 Å². The first kappa shape index (κ1) is 17.0. The predicted octanol–water partition coefficient (Wildman–Crippen LogP) is 3.71. The maximum absolute atomic E-state index is 12.6. The van der Waals surface area contributed by atoms with Gasteiger partial charge < -0.3 is 14.7 Å². The molecule has 0 radical (unpaired) electrons. The third-order valence-corrected chi connectivity index (χ3v) is 5.47. The highest BCUT2D eigenvalue weighted by Crippen LogP contribution is 2.28. The molecule has 6 nitrogen and oxygen atoms in total. The maximum atomic E-state index is 12.6.